The van der Waals surface area contributed by atoms with Crippen LogP contribution in [0.1, 0.15) is 29.3 Å². The summed E-state index contributed by atoms with van der Waals surface area (Å²) in [7, 11) is 0. The molecular weight excluding hydrogens is 348 g/mol. The first-order valence-electron chi connectivity index (χ1n) is 8.63. The van der Waals surface area contributed by atoms with Gasteiger partial charge in [-0.3, -0.25) is 4.79 Å². The second kappa shape index (κ2) is 7.25. The van der Waals surface area contributed by atoms with Crippen LogP contribution in [0.3, 0.4) is 0 Å². The number of nitrogens with zero attached hydrogens (tertiary/aromatic N) is 5. The van der Waals surface area contributed by atoms with E-state index in [1.165, 1.54) is 4.88 Å². The number of hydrogen-bond donors (Lipinski definition) is 1. The third-order valence-electron chi connectivity index (χ3n) is 4.68. The lowest BCUT2D eigenvalue weighted by molar-refractivity contribution is -0.130. The number of hydrogen-bond acceptors (Lipinski definition) is 6. The number of benzene rings is 1. The van der Waals surface area contributed by atoms with Gasteiger partial charge in [-0.15, -0.1) is 16.4 Å². The van der Waals surface area contributed by atoms with E-state index in [4.69, 9.17) is 0 Å². The standard InChI is InChI=1S/C18H20N6OS/c1-13-10-14(6-7-15(13)24-12-20-21-22-24)19-11-18(25)23-8-2-4-16(23)17-5-3-9-26-17/h3,5-7,9-10,12,16,19H,2,4,8,11H2,1H3/t16-/m0/s1. The molecular formula is C18H20N6OS. The minimum absolute atomic E-state index is 0.142. The van der Waals surface area contributed by atoms with Gasteiger partial charge in [0.2, 0.25) is 5.91 Å². The van der Waals surface area contributed by atoms with Gasteiger partial charge in [0, 0.05) is 17.1 Å². The van der Waals surface area contributed by atoms with Crippen LogP contribution in [0.15, 0.2) is 42.0 Å². The van der Waals surface area contributed by atoms with Gasteiger partial charge in [-0.1, -0.05) is 6.07 Å². The highest BCUT2D eigenvalue weighted by Gasteiger charge is 2.30. The Morgan fingerprint density at radius 3 is 3.04 bits per heavy atom. The second-order valence-corrected chi connectivity index (χ2v) is 7.35. The Morgan fingerprint density at radius 1 is 1.38 bits per heavy atom. The Balaban J connectivity index is 1.41. The van der Waals surface area contributed by atoms with Crippen molar-refractivity contribution in [3.63, 3.8) is 0 Å². The zero-order valence-electron chi connectivity index (χ0n) is 14.5. The van der Waals surface area contributed by atoms with Gasteiger partial charge in [-0.25, -0.2) is 4.68 Å². The minimum Gasteiger partial charge on any atom is -0.376 e. The summed E-state index contributed by atoms with van der Waals surface area (Å²) in [4.78, 5) is 16.0. The van der Waals surface area contributed by atoms with Crippen molar-refractivity contribution in [3.05, 3.63) is 52.5 Å². The van der Waals surface area contributed by atoms with E-state index >= 15 is 0 Å². The molecule has 0 radical (unpaired) electrons. The third-order valence-corrected chi connectivity index (χ3v) is 5.65. The van der Waals surface area contributed by atoms with Crippen molar-refractivity contribution in [2.45, 2.75) is 25.8 Å². The fraction of sp³-hybridized carbons (Fsp3) is 0.333. The summed E-state index contributed by atoms with van der Waals surface area (Å²) in [5.74, 6) is 0.142. The summed E-state index contributed by atoms with van der Waals surface area (Å²) in [5, 5.41) is 16.6. The van der Waals surface area contributed by atoms with E-state index in [9.17, 15) is 4.79 Å². The lowest BCUT2D eigenvalue weighted by atomic mass is 10.1. The lowest BCUT2D eigenvalue weighted by Gasteiger charge is -2.24. The van der Waals surface area contributed by atoms with Crippen molar-refractivity contribution in [1.29, 1.82) is 0 Å². The topological polar surface area (TPSA) is 75.9 Å². The predicted molar refractivity (Wildman–Crippen MR) is 100 cm³/mol. The van der Waals surface area contributed by atoms with Crippen molar-refractivity contribution >= 4 is 22.9 Å². The molecule has 1 aliphatic heterocycles. The molecule has 1 amide bonds. The van der Waals surface area contributed by atoms with Crippen LogP contribution in [-0.4, -0.2) is 44.1 Å². The van der Waals surface area contributed by atoms with E-state index in [0.29, 0.717) is 6.54 Å². The van der Waals surface area contributed by atoms with Gasteiger partial charge in [0.1, 0.15) is 6.33 Å². The van der Waals surface area contributed by atoms with Gasteiger partial charge >= 0.3 is 0 Å². The number of carbonyl (C=O) groups excluding carboxylic acids is 1. The highest BCUT2D eigenvalue weighted by atomic mass is 32.1. The largest absolute Gasteiger partial charge is 0.376 e. The van der Waals surface area contributed by atoms with E-state index in [1.807, 2.05) is 36.1 Å². The number of aryl methyl sites for hydroxylation is 1. The van der Waals surface area contributed by atoms with E-state index in [0.717, 1.165) is 36.3 Å². The molecule has 0 saturated carbocycles. The van der Waals surface area contributed by atoms with Crippen LogP contribution in [0, 0.1) is 6.92 Å². The Hall–Kier alpha value is -2.74. The smallest absolute Gasteiger partial charge is 0.242 e. The number of rotatable bonds is 5. The van der Waals surface area contributed by atoms with Crippen LogP contribution in [-0.2, 0) is 4.79 Å². The first kappa shape index (κ1) is 16.7. The average Bonchev–Trinajstić information content (AvgIpc) is 3.41. The first-order valence-corrected chi connectivity index (χ1v) is 9.51. The molecule has 3 heterocycles. The summed E-state index contributed by atoms with van der Waals surface area (Å²) in [5.41, 5.74) is 2.87. The summed E-state index contributed by atoms with van der Waals surface area (Å²) >= 11 is 1.73. The maximum Gasteiger partial charge on any atom is 0.242 e. The maximum absolute atomic E-state index is 12.7. The van der Waals surface area contributed by atoms with Crippen LogP contribution >= 0.6 is 11.3 Å². The average molecular weight is 368 g/mol. The van der Waals surface area contributed by atoms with Gasteiger partial charge in [-0.2, -0.15) is 0 Å². The van der Waals surface area contributed by atoms with Crippen molar-refractivity contribution < 1.29 is 4.79 Å². The molecule has 1 N–H and O–H groups in total. The molecule has 1 aromatic carbocycles. The molecule has 3 aromatic rings. The third kappa shape index (κ3) is 3.32. The molecule has 1 saturated heterocycles. The molecule has 1 aliphatic rings. The van der Waals surface area contributed by atoms with Crippen LogP contribution in [0.2, 0.25) is 0 Å². The first-order chi connectivity index (χ1) is 12.7. The van der Waals surface area contributed by atoms with Gasteiger partial charge in [0.05, 0.1) is 18.3 Å². The Kier molecular flexibility index (Phi) is 4.66. The number of amides is 1. The zero-order chi connectivity index (χ0) is 17.9. The van der Waals surface area contributed by atoms with E-state index in [1.54, 1.807) is 22.3 Å². The van der Waals surface area contributed by atoms with Crippen molar-refractivity contribution in [3.8, 4) is 5.69 Å². The Morgan fingerprint density at radius 2 is 2.31 bits per heavy atom. The Bertz CT molecular complexity index is 877. The number of tetrazole rings is 1. The Labute approximate surface area is 155 Å². The van der Waals surface area contributed by atoms with Crippen LogP contribution in [0.4, 0.5) is 5.69 Å². The van der Waals surface area contributed by atoms with Crippen LogP contribution in [0.5, 0.6) is 0 Å². The van der Waals surface area contributed by atoms with E-state index in [-0.39, 0.29) is 11.9 Å². The molecule has 8 heteroatoms. The molecule has 0 spiro atoms. The summed E-state index contributed by atoms with van der Waals surface area (Å²) in [6.45, 7) is 3.13. The molecule has 134 valence electrons. The summed E-state index contributed by atoms with van der Waals surface area (Å²) in [6.07, 6.45) is 3.68. The highest BCUT2D eigenvalue weighted by molar-refractivity contribution is 7.10. The van der Waals surface area contributed by atoms with E-state index < -0.39 is 0 Å². The van der Waals surface area contributed by atoms with E-state index in [2.05, 4.69) is 32.3 Å². The molecule has 26 heavy (non-hydrogen) atoms. The SMILES string of the molecule is Cc1cc(NCC(=O)N2CCC[C@H]2c2cccs2)ccc1-n1cnnn1. The zero-order valence-corrected chi connectivity index (χ0v) is 15.3. The number of anilines is 1. The second-order valence-electron chi connectivity index (χ2n) is 6.37. The normalized spacial score (nSPS) is 16.8. The van der Waals surface area contributed by atoms with Crippen molar-refractivity contribution in [2.24, 2.45) is 0 Å². The van der Waals surface area contributed by atoms with Crippen molar-refractivity contribution in [2.75, 3.05) is 18.4 Å². The summed E-state index contributed by atoms with van der Waals surface area (Å²) in [6, 6.07) is 10.3. The van der Waals surface area contributed by atoms with Crippen molar-refractivity contribution in [1.82, 2.24) is 25.1 Å². The molecule has 7 nitrogen and oxygen atoms in total. The number of nitrogens with one attached hydrogen (secondary N) is 1. The molecule has 1 atom stereocenters. The maximum atomic E-state index is 12.7. The van der Waals surface area contributed by atoms with Gasteiger partial charge in [0.15, 0.2) is 0 Å². The number of carbonyl (C=O) groups is 1. The van der Waals surface area contributed by atoms with Gasteiger partial charge < -0.3 is 10.2 Å². The molecule has 0 aliphatic carbocycles. The number of likely N-dealkylation sites (tertiary alicyclic amines) is 1. The number of aromatic nitrogens is 4. The molecule has 2 aromatic heterocycles. The minimum atomic E-state index is 0.142. The highest BCUT2D eigenvalue weighted by Crippen LogP contribution is 2.34. The fourth-order valence-corrected chi connectivity index (χ4v) is 4.29. The van der Waals surface area contributed by atoms with Crippen LogP contribution < -0.4 is 5.32 Å². The van der Waals surface area contributed by atoms with Gasteiger partial charge in [0.25, 0.3) is 0 Å². The predicted octanol–water partition coefficient (Wildman–Crippen LogP) is 2.81. The molecule has 4 rings (SSSR count). The molecule has 0 unspecified atom stereocenters. The lowest BCUT2D eigenvalue weighted by Crippen LogP contribution is -2.34. The number of thiophene rings is 1. The fourth-order valence-electron chi connectivity index (χ4n) is 3.42. The summed E-state index contributed by atoms with van der Waals surface area (Å²) < 4.78 is 1.63. The quantitative estimate of drug-likeness (QED) is 0.749. The van der Waals surface area contributed by atoms with Crippen LogP contribution in [0.25, 0.3) is 5.69 Å². The monoisotopic (exact) mass is 368 g/mol. The molecule has 0 bridgehead atoms. The van der Waals surface area contributed by atoms with Gasteiger partial charge in [-0.05, 0) is 65.4 Å². The molecule has 1 fully saturated rings.